The Balaban J connectivity index is 2.15. The highest BCUT2D eigenvalue weighted by Crippen LogP contribution is 2.15. The first-order chi connectivity index (χ1) is 9.61. The maximum atomic E-state index is 12.1. The van der Waals surface area contributed by atoms with Crippen LogP contribution in [0.2, 0.25) is 0 Å². The number of benzene rings is 1. The second-order valence-corrected chi connectivity index (χ2v) is 4.72. The van der Waals surface area contributed by atoms with E-state index in [1.807, 2.05) is 0 Å². The van der Waals surface area contributed by atoms with Crippen molar-refractivity contribution >= 4 is 33.5 Å². The van der Waals surface area contributed by atoms with Crippen molar-refractivity contribution in [3.05, 3.63) is 46.5 Å². The highest BCUT2D eigenvalue weighted by Gasteiger charge is 2.21. The molecule has 7 heteroatoms. The lowest BCUT2D eigenvalue weighted by atomic mass is 10.2. The van der Waals surface area contributed by atoms with E-state index in [1.54, 1.807) is 31.2 Å². The van der Waals surface area contributed by atoms with Crippen molar-refractivity contribution < 1.29 is 14.3 Å². The Labute approximate surface area is 123 Å². The van der Waals surface area contributed by atoms with Crippen LogP contribution in [-0.2, 0) is 4.74 Å². The molecule has 0 spiro atoms. The van der Waals surface area contributed by atoms with Crippen molar-refractivity contribution in [3.8, 4) is 0 Å². The van der Waals surface area contributed by atoms with Crippen LogP contribution in [0.4, 0.5) is 5.69 Å². The summed E-state index contributed by atoms with van der Waals surface area (Å²) in [5.41, 5.74) is 0.656. The number of imidazole rings is 1. The molecule has 0 saturated carbocycles. The number of H-pyrrole nitrogens is 1. The number of nitrogens with zero attached hydrogens (tertiary/aromatic N) is 1. The lowest BCUT2D eigenvalue weighted by molar-refractivity contribution is 0.0517. The fraction of sp³-hybridized carbons (Fsp3) is 0.154. The van der Waals surface area contributed by atoms with Gasteiger partial charge in [0, 0.05) is 10.2 Å². The first kappa shape index (κ1) is 14.3. The number of hydrogen-bond acceptors (Lipinski definition) is 4. The zero-order valence-electron chi connectivity index (χ0n) is 10.6. The molecule has 104 valence electrons. The van der Waals surface area contributed by atoms with E-state index in [0.29, 0.717) is 5.69 Å². The summed E-state index contributed by atoms with van der Waals surface area (Å²) in [4.78, 5) is 30.2. The van der Waals surface area contributed by atoms with E-state index in [2.05, 4.69) is 31.2 Å². The minimum absolute atomic E-state index is 0.00590. The van der Waals surface area contributed by atoms with Gasteiger partial charge in [-0.3, -0.25) is 4.79 Å². The van der Waals surface area contributed by atoms with E-state index in [0.717, 1.165) is 4.47 Å². The van der Waals surface area contributed by atoms with Crippen molar-refractivity contribution in [2.24, 2.45) is 0 Å². The second-order valence-electron chi connectivity index (χ2n) is 3.81. The van der Waals surface area contributed by atoms with Crippen LogP contribution in [-0.4, -0.2) is 28.5 Å². The SMILES string of the molecule is CCOC(=O)c1[nH]cnc1C(=O)Nc1ccc(Br)cc1. The average Bonchev–Trinajstić information content (AvgIpc) is 2.91. The predicted molar refractivity (Wildman–Crippen MR) is 76.6 cm³/mol. The van der Waals surface area contributed by atoms with Crippen LogP contribution >= 0.6 is 15.9 Å². The van der Waals surface area contributed by atoms with Gasteiger partial charge in [-0.2, -0.15) is 0 Å². The van der Waals surface area contributed by atoms with Gasteiger partial charge >= 0.3 is 5.97 Å². The van der Waals surface area contributed by atoms with Crippen molar-refractivity contribution in [2.45, 2.75) is 6.92 Å². The van der Waals surface area contributed by atoms with Gasteiger partial charge in [-0.1, -0.05) is 15.9 Å². The van der Waals surface area contributed by atoms with E-state index >= 15 is 0 Å². The standard InChI is InChI=1S/C13H12BrN3O3/c1-2-20-13(19)11-10(15-7-16-11)12(18)17-9-5-3-8(14)4-6-9/h3-7H,2H2,1H3,(H,15,16)(H,17,18). The molecule has 1 aromatic heterocycles. The first-order valence-corrected chi connectivity index (χ1v) is 6.68. The number of hydrogen-bond donors (Lipinski definition) is 2. The highest BCUT2D eigenvalue weighted by atomic mass is 79.9. The van der Waals surface area contributed by atoms with Gasteiger partial charge < -0.3 is 15.0 Å². The number of halogens is 1. The van der Waals surface area contributed by atoms with Crippen molar-refractivity contribution in [3.63, 3.8) is 0 Å². The van der Waals surface area contributed by atoms with Crippen LogP contribution in [0.1, 0.15) is 27.9 Å². The van der Waals surface area contributed by atoms with Gasteiger partial charge in [0.15, 0.2) is 11.4 Å². The van der Waals surface area contributed by atoms with E-state index in [-0.39, 0.29) is 18.0 Å². The number of amides is 1. The number of carbonyl (C=O) groups excluding carboxylic acids is 2. The Bertz CT molecular complexity index is 622. The van der Waals surface area contributed by atoms with Gasteiger partial charge in [0.1, 0.15) is 0 Å². The number of ether oxygens (including phenoxy) is 1. The number of aromatic nitrogens is 2. The van der Waals surface area contributed by atoms with E-state index in [1.165, 1.54) is 6.33 Å². The van der Waals surface area contributed by atoms with Crippen molar-refractivity contribution in [1.29, 1.82) is 0 Å². The number of anilines is 1. The third-order valence-electron chi connectivity index (χ3n) is 2.44. The van der Waals surface area contributed by atoms with Gasteiger partial charge in [-0.15, -0.1) is 0 Å². The van der Waals surface area contributed by atoms with Crippen molar-refractivity contribution in [2.75, 3.05) is 11.9 Å². The lowest BCUT2D eigenvalue weighted by Gasteiger charge is -2.05. The zero-order valence-corrected chi connectivity index (χ0v) is 12.2. The number of rotatable bonds is 4. The summed E-state index contributed by atoms with van der Waals surface area (Å²) in [5, 5.41) is 2.66. The molecular weight excluding hydrogens is 326 g/mol. The van der Waals surface area contributed by atoms with Crippen LogP contribution in [0, 0.1) is 0 Å². The van der Waals surface area contributed by atoms with Crippen LogP contribution in [0.5, 0.6) is 0 Å². The smallest absolute Gasteiger partial charge is 0.357 e. The summed E-state index contributed by atoms with van der Waals surface area (Å²) in [6.45, 7) is 1.92. The topological polar surface area (TPSA) is 84.1 Å². The molecule has 0 aliphatic heterocycles. The molecule has 0 fully saturated rings. The molecule has 1 amide bonds. The minimum atomic E-state index is -0.606. The molecule has 1 heterocycles. The van der Waals surface area contributed by atoms with Crippen LogP contribution in [0.15, 0.2) is 35.1 Å². The number of aromatic amines is 1. The largest absolute Gasteiger partial charge is 0.461 e. The Kier molecular flexibility index (Phi) is 4.52. The van der Waals surface area contributed by atoms with Gasteiger partial charge in [-0.25, -0.2) is 9.78 Å². The number of nitrogens with one attached hydrogen (secondary N) is 2. The minimum Gasteiger partial charge on any atom is -0.461 e. The molecule has 0 aliphatic carbocycles. The number of esters is 1. The molecular formula is C13H12BrN3O3. The van der Waals surface area contributed by atoms with Crippen molar-refractivity contribution in [1.82, 2.24) is 9.97 Å². The molecule has 2 aromatic rings. The Morgan fingerprint density at radius 2 is 2.05 bits per heavy atom. The van der Waals surface area contributed by atoms with Crippen LogP contribution < -0.4 is 5.32 Å². The summed E-state index contributed by atoms with van der Waals surface area (Å²) >= 11 is 3.31. The van der Waals surface area contributed by atoms with Crippen LogP contribution in [0.25, 0.3) is 0 Å². The average molecular weight is 338 g/mol. The Hall–Kier alpha value is -2.15. The molecule has 0 saturated heterocycles. The van der Waals surface area contributed by atoms with Gasteiger partial charge in [0.2, 0.25) is 0 Å². The highest BCUT2D eigenvalue weighted by molar-refractivity contribution is 9.10. The fourth-order valence-electron chi connectivity index (χ4n) is 1.55. The quantitative estimate of drug-likeness (QED) is 0.840. The molecule has 0 unspecified atom stereocenters. The van der Waals surface area contributed by atoms with Gasteiger partial charge in [0.25, 0.3) is 5.91 Å². The number of carbonyl (C=O) groups is 2. The van der Waals surface area contributed by atoms with E-state index in [4.69, 9.17) is 4.74 Å². The predicted octanol–water partition coefficient (Wildman–Crippen LogP) is 2.60. The third-order valence-corrected chi connectivity index (χ3v) is 2.96. The lowest BCUT2D eigenvalue weighted by Crippen LogP contribution is -2.17. The summed E-state index contributed by atoms with van der Waals surface area (Å²) in [5.74, 6) is -1.08. The molecule has 0 bridgehead atoms. The maximum Gasteiger partial charge on any atom is 0.357 e. The Morgan fingerprint density at radius 3 is 2.70 bits per heavy atom. The molecule has 0 atom stereocenters. The van der Waals surface area contributed by atoms with Gasteiger partial charge in [0.05, 0.1) is 12.9 Å². The molecule has 0 radical (unpaired) electrons. The monoisotopic (exact) mass is 337 g/mol. The Morgan fingerprint density at radius 1 is 1.35 bits per heavy atom. The molecule has 20 heavy (non-hydrogen) atoms. The van der Waals surface area contributed by atoms with Gasteiger partial charge in [-0.05, 0) is 31.2 Å². The summed E-state index contributed by atoms with van der Waals surface area (Å²) in [7, 11) is 0. The first-order valence-electron chi connectivity index (χ1n) is 5.89. The third kappa shape index (κ3) is 3.24. The fourth-order valence-corrected chi connectivity index (χ4v) is 1.81. The maximum absolute atomic E-state index is 12.1. The van der Waals surface area contributed by atoms with E-state index in [9.17, 15) is 9.59 Å². The molecule has 2 rings (SSSR count). The zero-order chi connectivity index (χ0) is 14.5. The van der Waals surface area contributed by atoms with Crippen LogP contribution in [0.3, 0.4) is 0 Å². The summed E-state index contributed by atoms with van der Waals surface area (Å²) in [6.07, 6.45) is 1.28. The summed E-state index contributed by atoms with van der Waals surface area (Å²) < 4.78 is 5.75. The molecule has 1 aromatic carbocycles. The normalized spacial score (nSPS) is 10.1. The molecule has 2 N–H and O–H groups in total. The second kappa shape index (κ2) is 6.33. The molecule has 6 nitrogen and oxygen atoms in total. The molecule has 0 aliphatic rings. The summed E-state index contributed by atoms with van der Waals surface area (Å²) in [6, 6.07) is 7.07. The van der Waals surface area contributed by atoms with E-state index < -0.39 is 11.9 Å².